The molecule has 1 aliphatic rings. The van der Waals surface area contributed by atoms with E-state index in [9.17, 15) is 26.7 Å². The van der Waals surface area contributed by atoms with Crippen LogP contribution in [0.4, 0.5) is 27.6 Å². The van der Waals surface area contributed by atoms with Crippen molar-refractivity contribution in [2.45, 2.75) is 37.3 Å². The van der Waals surface area contributed by atoms with E-state index in [-0.39, 0.29) is 24.4 Å². The van der Waals surface area contributed by atoms with E-state index >= 15 is 0 Å². The molecule has 2 aromatic rings. The Labute approximate surface area is 186 Å². The van der Waals surface area contributed by atoms with Gasteiger partial charge in [-0.3, -0.25) is 4.79 Å². The molecule has 0 spiro atoms. The van der Waals surface area contributed by atoms with E-state index in [1.807, 2.05) is 0 Å². The molecule has 7 nitrogen and oxygen atoms in total. The highest BCUT2D eigenvalue weighted by atomic mass is 19.4. The molecular weight excluding hydrogens is 447 g/mol. The Morgan fingerprint density at radius 3 is 2.39 bits per heavy atom. The maximum absolute atomic E-state index is 13.9. The zero-order chi connectivity index (χ0) is 24.4. The summed E-state index contributed by atoms with van der Waals surface area (Å²) in [5, 5.41) is 7.40. The molecule has 0 radical (unpaired) electrons. The number of alkyl halides is 5. The van der Waals surface area contributed by atoms with Crippen LogP contribution in [0.15, 0.2) is 47.7 Å². The second kappa shape index (κ2) is 9.30. The first kappa shape index (κ1) is 24.4. The maximum Gasteiger partial charge on any atom is 0.433 e. The van der Waals surface area contributed by atoms with Gasteiger partial charge in [0.1, 0.15) is 5.69 Å². The largest absolute Gasteiger partial charge is 0.433 e. The van der Waals surface area contributed by atoms with Crippen molar-refractivity contribution in [3.8, 4) is 0 Å². The predicted octanol–water partition coefficient (Wildman–Crippen LogP) is 3.68. The molecule has 1 aliphatic carbocycles. The summed E-state index contributed by atoms with van der Waals surface area (Å²) in [6.45, 7) is 0. The van der Waals surface area contributed by atoms with Gasteiger partial charge in [0.05, 0.1) is 17.8 Å². The van der Waals surface area contributed by atoms with Crippen LogP contribution in [0.25, 0.3) is 0 Å². The van der Waals surface area contributed by atoms with Crippen molar-refractivity contribution in [2.24, 2.45) is 22.6 Å². The number of nitrogens with one attached hydrogen (secondary N) is 1. The first-order valence-corrected chi connectivity index (χ1v) is 10.0. The number of benzene rings is 1. The average molecular weight is 470 g/mol. The molecule has 0 bridgehead atoms. The predicted molar refractivity (Wildman–Crippen MR) is 112 cm³/mol. The summed E-state index contributed by atoms with van der Waals surface area (Å²) in [5.41, 5.74) is 5.75. The second-order valence-electron chi connectivity index (χ2n) is 7.94. The van der Waals surface area contributed by atoms with Gasteiger partial charge in [-0.05, 0) is 30.0 Å². The van der Waals surface area contributed by atoms with Crippen LogP contribution in [-0.2, 0) is 11.0 Å². The zero-order valence-corrected chi connectivity index (χ0v) is 17.6. The lowest BCUT2D eigenvalue weighted by molar-refractivity contribution is -0.141. The van der Waals surface area contributed by atoms with Crippen LogP contribution in [0.3, 0.4) is 0 Å². The van der Waals surface area contributed by atoms with Crippen LogP contribution in [-0.4, -0.2) is 34.8 Å². The number of hydrazone groups is 1. The zero-order valence-electron chi connectivity index (χ0n) is 17.6. The monoisotopic (exact) mass is 470 g/mol. The minimum absolute atomic E-state index is 0.0294. The highest BCUT2D eigenvalue weighted by Crippen LogP contribution is 2.45. The smallest absolute Gasteiger partial charge is 0.382 e. The van der Waals surface area contributed by atoms with Gasteiger partial charge in [-0.2, -0.15) is 13.2 Å². The summed E-state index contributed by atoms with van der Waals surface area (Å²) in [6.07, 6.45) is -4.43. The van der Waals surface area contributed by atoms with Gasteiger partial charge in [0, 0.05) is 25.5 Å². The number of halogens is 5. The Balaban J connectivity index is 1.86. The molecule has 1 fully saturated rings. The molecular formula is C21H23F5N6O. The molecule has 3 rings (SSSR count). The lowest BCUT2D eigenvalue weighted by Crippen LogP contribution is -2.28. The number of aromatic nitrogens is 1. The molecule has 1 aromatic heterocycles. The number of pyridine rings is 1. The van der Waals surface area contributed by atoms with E-state index < -0.39 is 42.0 Å². The van der Waals surface area contributed by atoms with Crippen molar-refractivity contribution in [1.29, 1.82) is 0 Å². The normalized spacial score (nSPS) is 19.2. The molecule has 5 N–H and O–H groups in total. The van der Waals surface area contributed by atoms with Gasteiger partial charge >= 0.3 is 6.18 Å². The third-order valence-corrected chi connectivity index (χ3v) is 5.35. The van der Waals surface area contributed by atoms with Crippen molar-refractivity contribution in [2.75, 3.05) is 12.4 Å². The summed E-state index contributed by atoms with van der Waals surface area (Å²) in [7, 11) is 1.48. The number of carbonyl (C=O) groups is 1. The number of carbonyl (C=O) groups excluding carboxylic acids is 1. The Bertz CT molecular complexity index is 1010. The Morgan fingerprint density at radius 1 is 1.24 bits per heavy atom. The minimum Gasteiger partial charge on any atom is -0.382 e. The number of nitrogens with zero attached hydrogens (tertiary/aromatic N) is 3. The first-order valence-electron chi connectivity index (χ1n) is 10.0. The first-order chi connectivity index (χ1) is 15.4. The SMILES string of the molecule is CN(N)/N=C(\N)c1ccc(C(C(=O)Nc2ccc(C(F)(F)F)nc2)C2CCC(F)(F)C2)cc1. The van der Waals surface area contributed by atoms with Crippen LogP contribution in [0.1, 0.15) is 42.0 Å². The third-order valence-electron chi connectivity index (χ3n) is 5.35. The van der Waals surface area contributed by atoms with Crippen LogP contribution >= 0.6 is 0 Å². The lowest BCUT2D eigenvalue weighted by atomic mass is 9.83. The standard InChI is InChI=1S/C21H23F5N6O/c1-32(28)31-18(27)13-4-2-12(3-5-13)17(14-8-9-20(22,23)10-14)19(33)30-15-6-7-16(29-11-15)21(24,25)26/h2-7,11,14,17H,8-10,28H2,1H3,(H2,27,31)(H,30,33). The number of amides is 1. The highest BCUT2D eigenvalue weighted by molar-refractivity contribution is 5.98. The van der Waals surface area contributed by atoms with Gasteiger partial charge in [-0.25, -0.2) is 24.7 Å². The fraction of sp³-hybridized carbons (Fsp3) is 0.381. The molecule has 1 amide bonds. The number of rotatable bonds is 6. The van der Waals surface area contributed by atoms with Gasteiger partial charge in [-0.15, -0.1) is 5.10 Å². The quantitative estimate of drug-likeness (QED) is 0.196. The fourth-order valence-electron chi connectivity index (χ4n) is 3.85. The third kappa shape index (κ3) is 6.15. The molecule has 2 atom stereocenters. The van der Waals surface area contributed by atoms with Crippen molar-refractivity contribution >= 4 is 17.4 Å². The van der Waals surface area contributed by atoms with Gasteiger partial charge in [0.25, 0.3) is 0 Å². The van der Waals surface area contributed by atoms with E-state index in [2.05, 4.69) is 15.4 Å². The molecule has 0 saturated heterocycles. The number of amidine groups is 1. The molecule has 1 saturated carbocycles. The van der Waals surface area contributed by atoms with Gasteiger partial charge in [-0.1, -0.05) is 24.3 Å². The van der Waals surface area contributed by atoms with Crippen LogP contribution in [0.5, 0.6) is 0 Å². The van der Waals surface area contributed by atoms with Crippen molar-refractivity contribution in [1.82, 2.24) is 10.1 Å². The lowest BCUT2D eigenvalue weighted by Gasteiger charge is -2.24. The molecule has 1 aromatic carbocycles. The van der Waals surface area contributed by atoms with Crippen molar-refractivity contribution < 1.29 is 26.7 Å². The summed E-state index contributed by atoms with van der Waals surface area (Å²) >= 11 is 0. The Hall–Kier alpha value is -3.28. The van der Waals surface area contributed by atoms with Crippen LogP contribution in [0.2, 0.25) is 0 Å². The molecule has 33 heavy (non-hydrogen) atoms. The molecule has 1 heterocycles. The van der Waals surface area contributed by atoms with E-state index in [1.165, 1.54) is 7.05 Å². The number of anilines is 1. The van der Waals surface area contributed by atoms with Crippen molar-refractivity contribution in [3.63, 3.8) is 0 Å². The average Bonchev–Trinajstić information content (AvgIpc) is 3.07. The number of hydrazine groups is 1. The van der Waals surface area contributed by atoms with Gasteiger partial charge < -0.3 is 11.1 Å². The Morgan fingerprint density at radius 2 is 1.91 bits per heavy atom. The summed E-state index contributed by atoms with van der Waals surface area (Å²) in [5.74, 6) is 0.444. The van der Waals surface area contributed by atoms with Gasteiger partial charge in [0.2, 0.25) is 11.8 Å². The van der Waals surface area contributed by atoms with Crippen LogP contribution in [0, 0.1) is 5.92 Å². The summed E-state index contributed by atoms with van der Waals surface area (Å²) < 4.78 is 66.0. The van der Waals surface area contributed by atoms with E-state index in [0.717, 1.165) is 23.4 Å². The second-order valence-corrected chi connectivity index (χ2v) is 7.94. The molecule has 12 heteroatoms. The number of nitrogens with two attached hydrogens (primary N) is 2. The van der Waals surface area contributed by atoms with E-state index in [4.69, 9.17) is 11.6 Å². The number of hydrogen-bond donors (Lipinski definition) is 3. The van der Waals surface area contributed by atoms with Crippen LogP contribution < -0.4 is 16.9 Å². The number of hydrogen-bond acceptors (Lipinski definition) is 5. The van der Waals surface area contributed by atoms with Crippen molar-refractivity contribution in [3.05, 3.63) is 59.4 Å². The minimum atomic E-state index is -4.62. The topological polar surface area (TPSA) is 110 Å². The highest BCUT2D eigenvalue weighted by Gasteiger charge is 2.45. The molecule has 0 aliphatic heterocycles. The van der Waals surface area contributed by atoms with E-state index in [1.54, 1.807) is 24.3 Å². The maximum atomic E-state index is 13.9. The van der Waals surface area contributed by atoms with E-state index in [0.29, 0.717) is 11.1 Å². The molecule has 2 unspecified atom stereocenters. The molecule has 178 valence electrons. The van der Waals surface area contributed by atoms with Gasteiger partial charge in [0.15, 0.2) is 5.84 Å². The summed E-state index contributed by atoms with van der Waals surface area (Å²) in [6, 6.07) is 8.15. The Kier molecular flexibility index (Phi) is 6.86. The summed E-state index contributed by atoms with van der Waals surface area (Å²) in [4.78, 5) is 16.4. The fourth-order valence-corrected chi connectivity index (χ4v) is 3.85.